The van der Waals surface area contributed by atoms with Gasteiger partial charge in [0.15, 0.2) is 0 Å². The highest BCUT2D eigenvalue weighted by Gasteiger charge is 2.33. The van der Waals surface area contributed by atoms with Gasteiger partial charge in [0.2, 0.25) is 11.8 Å². The maximum atomic E-state index is 12.7. The molecule has 1 atom stereocenters. The molecule has 9 heteroatoms. The number of rotatable bonds is 9. The molecule has 2 N–H and O–H groups in total. The molecule has 0 spiro atoms. The predicted molar refractivity (Wildman–Crippen MR) is 128 cm³/mol. The van der Waals surface area contributed by atoms with Crippen molar-refractivity contribution in [2.75, 3.05) is 44.6 Å². The van der Waals surface area contributed by atoms with Crippen molar-refractivity contribution in [2.45, 2.75) is 57.9 Å². The summed E-state index contributed by atoms with van der Waals surface area (Å²) in [7, 11) is 0. The van der Waals surface area contributed by atoms with Gasteiger partial charge in [-0.15, -0.1) is 0 Å². The molecular weight excluding hydrogens is 436 g/mol. The van der Waals surface area contributed by atoms with Gasteiger partial charge in [0.05, 0.1) is 19.6 Å². The number of piperazine rings is 1. The lowest BCUT2D eigenvalue weighted by Crippen LogP contribution is -2.57. The molecule has 9 nitrogen and oxygen atoms in total. The van der Waals surface area contributed by atoms with Crippen LogP contribution in [0.15, 0.2) is 24.3 Å². The third-order valence-electron chi connectivity index (χ3n) is 6.22. The van der Waals surface area contributed by atoms with Gasteiger partial charge in [-0.2, -0.15) is 0 Å². The second kappa shape index (κ2) is 13.1. The Balaban J connectivity index is 1.53. The highest BCUT2D eigenvalue weighted by Crippen LogP contribution is 2.16. The monoisotopic (exact) mass is 472 g/mol. The molecule has 186 valence electrons. The lowest BCUT2D eigenvalue weighted by Gasteiger charge is -2.33. The van der Waals surface area contributed by atoms with Gasteiger partial charge in [-0.3, -0.25) is 24.1 Å². The number of hydrogen-bond acceptors (Lipinski definition) is 6. The van der Waals surface area contributed by atoms with E-state index in [4.69, 9.17) is 4.74 Å². The number of hydrogen-bond donors (Lipinski definition) is 2. The molecule has 2 heterocycles. The molecule has 3 rings (SSSR count). The van der Waals surface area contributed by atoms with Crippen LogP contribution in [0.4, 0.5) is 5.69 Å². The Morgan fingerprint density at radius 1 is 1.06 bits per heavy atom. The van der Waals surface area contributed by atoms with Crippen LogP contribution in [0.5, 0.6) is 0 Å². The molecule has 1 unspecified atom stereocenters. The molecule has 0 aromatic heterocycles. The Bertz CT molecular complexity index is 849. The van der Waals surface area contributed by atoms with Gasteiger partial charge in [0.1, 0.15) is 6.04 Å². The summed E-state index contributed by atoms with van der Waals surface area (Å²) >= 11 is 0. The Morgan fingerprint density at radius 3 is 2.44 bits per heavy atom. The van der Waals surface area contributed by atoms with Crippen molar-refractivity contribution >= 4 is 29.4 Å². The number of nitrogens with zero attached hydrogens (tertiary/aromatic N) is 2. The second-order valence-electron chi connectivity index (χ2n) is 8.89. The van der Waals surface area contributed by atoms with Crippen LogP contribution < -0.4 is 10.6 Å². The number of unbranched alkanes of at least 4 members (excludes halogenated alkanes) is 1. The zero-order chi connectivity index (χ0) is 24.3. The molecule has 0 aliphatic carbocycles. The maximum absolute atomic E-state index is 12.7. The van der Waals surface area contributed by atoms with Crippen LogP contribution in [0.2, 0.25) is 0 Å². The van der Waals surface area contributed by atoms with E-state index >= 15 is 0 Å². The fraction of sp³-hybridized carbons (Fsp3) is 0.600. The van der Waals surface area contributed by atoms with Crippen molar-refractivity contribution < 1.29 is 23.9 Å². The number of carbonyl (C=O) groups is 4. The lowest BCUT2D eigenvalue weighted by molar-refractivity contribution is -0.149. The van der Waals surface area contributed by atoms with E-state index in [0.717, 1.165) is 51.6 Å². The number of likely N-dealkylation sites (tertiary alicyclic amines) is 1. The zero-order valence-corrected chi connectivity index (χ0v) is 20.0. The first-order valence-electron chi connectivity index (χ1n) is 12.3. The van der Waals surface area contributed by atoms with E-state index in [-0.39, 0.29) is 30.7 Å². The molecule has 2 fully saturated rings. The van der Waals surface area contributed by atoms with Crippen molar-refractivity contribution in [1.29, 1.82) is 0 Å². The number of carbonyl (C=O) groups excluding carboxylic acids is 4. The molecule has 0 radical (unpaired) electrons. The second-order valence-corrected chi connectivity index (χ2v) is 8.89. The van der Waals surface area contributed by atoms with Gasteiger partial charge < -0.3 is 20.3 Å². The van der Waals surface area contributed by atoms with Crippen LogP contribution in [-0.4, -0.2) is 78.9 Å². The van der Waals surface area contributed by atoms with E-state index in [1.807, 2.05) is 11.8 Å². The van der Waals surface area contributed by atoms with Crippen LogP contribution >= 0.6 is 0 Å². The Labute approximate surface area is 201 Å². The zero-order valence-electron chi connectivity index (χ0n) is 20.0. The molecule has 3 amide bonds. The molecule has 0 saturated carbocycles. The number of nitrogens with one attached hydrogen (secondary N) is 2. The first-order valence-corrected chi connectivity index (χ1v) is 12.3. The Hall–Kier alpha value is -2.94. The van der Waals surface area contributed by atoms with E-state index in [2.05, 4.69) is 10.6 Å². The first-order chi connectivity index (χ1) is 16.5. The smallest absolute Gasteiger partial charge is 0.307 e. The summed E-state index contributed by atoms with van der Waals surface area (Å²) in [6.45, 7) is 4.78. The largest absolute Gasteiger partial charge is 0.466 e. The van der Waals surface area contributed by atoms with Gasteiger partial charge in [0.25, 0.3) is 5.91 Å². The summed E-state index contributed by atoms with van der Waals surface area (Å²) in [5, 5.41) is 5.57. The average Bonchev–Trinajstić information content (AvgIpc) is 3.11. The molecule has 0 bridgehead atoms. The Morgan fingerprint density at radius 2 is 1.76 bits per heavy atom. The van der Waals surface area contributed by atoms with E-state index < -0.39 is 12.0 Å². The van der Waals surface area contributed by atoms with Crippen molar-refractivity contribution in [1.82, 2.24) is 15.1 Å². The van der Waals surface area contributed by atoms with Gasteiger partial charge in [-0.1, -0.05) is 26.2 Å². The summed E-state index contributed by atoms with van der Waals surface area (Å²) in [5.41, 5.74) is 1.18. The summed E-state index contributed by atoms with van der Waals surface area (Å²) in [6.07, 6.45) is 5.99. The lowest BCUT2D eigenvalue weighted by atomic mass is 10.1. The minimum atomic E-state index is -0.734. The summed E-state index contributed by atoms with van der Waals surface area (Å²) in [6, 6.07) is 6.16. The van der Waals surface area contributed by atoms with Gasteiger partial charge >= 0.3 is 5.97 Å². The summed E-state index contributed by atoms with van der Waals surface area (Å²) in [4.78, 5) is 53.4. The number of amides is 3. The quantitative estimate of drug-likeness (QED) is 0.421. The number of benzene rings is 1. The van der Waals surface area contributed by atoms with Crippen molar-refractivity contribution in [3.8, 4) is 0 Å². The van der Waals surface area contributed by atoms with Crippen LogP contribution in [0.1, 0.15) is 62.2 Å². The van der Waals surface area contributed by atoms with Gasteiger partial charge in [0, 0.05) is 37.4 Å². The van der Waals surface area contributed by atoms with E-state index in [9.17, 15) is 19.2 Å². The van der Waals surface area contributed by atoms with Crippen LogP contribution in [0, 0.1) is 0 Å². The fourth-order valence-electron chi connectivity index (χ4n) is 4.26. The number of ether oxygens (including phenoxy) is 1. The van der Waals surface area contributed by atoms with Crippen molar-refractivity contribution in [3.63, 3.8) is 0 Å². The highest BCUT2D eigenvalue weighted by molar-refractivity contribution is 5.96. The van der Waals surface area contributed by atoms with Gasteiger partial charge in [-0.05, 0) is 43.5 Å². The van der Waals surface area contributed by atoms with Crippen LogP contribution in [0.3, 0.4) is 0 Å². The van der Waals surface area contributed by atoms with Crippen LogP contribution in [-0.2, 0) is 19.1 Å². The number of esters is 1. The minimum absolute atomic E-state index is 0.0191. The molecule has 1 aromatic carbocycles. The summed E-state index contributed by atoms with van der Waals surface area (Å²) in [5.74, 6) is -0.980. The SMILES string of the molecule is CCCCOC(=O)CC1C(=O)NCCN1CC(=O)Nc1ccc(C(=O)N2CCCCCC2)cc1. The normalized spacial score (nSPS) is 19.1. The van der Waals surface area contributed by atoms with E-state index in [1.54, 1.807) is 29.2 Å². The Kier molecular flexibility index (Phi) is 9.88. The van der Waals surface area contributed by atoms with Gasteiger partial charge in [-0.25, -0.2) is 0 Å². The standard InChI is InChI=1S/C25H36N4O5/c1-2-3-16-34-23(31)17-21-24(32)26-12-15-29(21)18-22(30)27-20-10-8-19(9-11-20)25(33)28-13-6-4-5-7-14-28/h8-11,21H,2-7,12-18H2,1H3,(H,26,32)(H,27,30). The molecule has 2 aliphatic rings. The maximum Gasteiger partial charge on any atom is 0.307 e. The highest BCUT2D eigenvalue weighted by atomic mass is 16.5. The molecule has 2 aliphatic heterocycles. The molecule has 34 heavy (non-hydrogen) atoms. The third-order valence-corrected chi connectivity index (χ3v) is 6.22. The topological polar surface area (TPSA) is 108 Å². The fourth-order valence-corrected chi connectivity index (χ4v) is 4.26. The number of anilines is 1. The first kappa shape index (κ1) is 25.7. The molecular formula is C25H36N4O5. The predicted octanol–water partition coefficient (Wildman–Crippen LogP) is 2.18. The van der Waals surface area contributed by atoms with E-state index in [0.29, 0.717) is 30.9 Å². The van der Waals surface area contributed by atoms with Crippen molar-refractivity contribution in [2.24, 2.45) is 0 Å². The minimum Gasteiger partial charge on any atom is -0.466 e. The molecule has 1 aromatic rings. The average molecular weight is 473 g/mol. The third kappa shape index (κ3) is 7.55. The molecule has 2 saturated heterocycles. The van der Waals surface area contributed by atoms with Crippen molar-refractivity contribution in [3.05, 3.63) is 29.8 Å². The van der Waals surface area contributed by atoms with Crippen LogP contribution in [0.25, 0.3) is 0 Å². The summed E-state index contributed by atoms with van der Waals surface area (Å²) < 4.78 is 5.19. The van der Waals surface area contributed by atoms with E-state index in [1.165, 1.54) is 0 Å².